The number of hydrogen-bond acceptors (Lipinski definition) is 3. The van der Waals surface area contributed by atoms with Gasteiger partial charge >= 0.3 is 12.0 Å². The molecule has 2 heterocycles. The minimum atomic E-state index is -0.774. The number of piperidine rings is 1. The van der Waals surface area contributed by atoms with Gasteiger partial charge in [0.25, 0.3) is 0 Å². The number of aromatic nitrogens is 2. The summed E-state index contributed by atoms with van der Waals surface area (Å²) in [6, 6.07) is -0.388. The number of carbonyl (C=O) groups excluding carboxylic acids is 1. The fourth-order valence-corrected chi connectivity index (χ4v) is 2.76. The summed E-state index contributed by atoms with van der Waals surface area (Å²) >= 11 is 0. The van der Waals surface area contributed by atoms with Crippen LogP contribution in [0.1, 0.15) is 45.0 Å². The van der Waals surface area contributed by atoms with Crippen LogP contribution in [-0.4, -0.2) is 44.6 Å². The van der Waals surface area contributed by atoms with Gasteiger partial charge < -0.3 is 20.3 Å². The third-order valence-corrected chi connectivity index (χ3v) is 4.04. The molecule has 0 bridgehead atoms. The van der Waals surface area contributed by atoms with E-state index >= 15 is 0 Å². The van der Waals surface area contributed by atoms with Crippen LogP contribution in [0.25, 0.3) is 0 Å². The van der Waals surface area contributed by atoms with Crippen LogP contribution in [0.2, 0.25) is 0 Å². The second-order valence-electron chi connectivity index (χ2n) is 5.49. The lowest BCUT2D eigenvalue weighted by atomic mass is 9.92. The molecular weight excluding hydrogens is 272 g/mol. The Morgan fingerprint density at radius 1 is 1.62 bits per heavy atom. The van der Waals surface area contributed by atoms with E-state index in [0.29, 0.717) is 19.4 Å². The van der Waals surface area contributed by atoms with Gasteiger partial charge in [0.1, 0.15) is 5.82 Å². The number of amides is 2. The van der Waals surface area contributed by atoms with E-state index < -0.39 is 5.97 Å². The van der Waals surface area contributed by atoms with Crippen molar-refractivity contribution < 1.29 is 14.7 Å². The summed E-state index contributed by atoms with van der Waals surface area (Å²) in [7, 11) is 0. The highest BCUT2D eigenvalue weighted by Gasteiger charge is 2.33. The van der Waals surface area contributed by atoms with E-state index in [2.05, 4.69) is 15.3 Å². The van der Waals surface area contributed by atoms with Crippen LogP contribution in [0.4, 0.5) is 4.79 Å². The van der Waals surface area contributed by atoms with E-state index in [0.717, 1.165) is 12.2 Å². The molecule has 1 aliphatic rings. The Bertz CT molecular complexity index is 488. The molecule has 3 atom stereocenters. The minimum Gasteiger partial charge on any atom is -0.481 e. The number of imidazole rings is 1. The third-order valence-electron chi connectivity index (χ3n) is 4.04. The number of carboxylic acid groups (broad SMARTS) is 1. The maximum Gasteiger partial charge on any atom is 0.318 e. The summed E-state index contributed by atoms with van der Waals surface area (Å²) in [4.78, 5) is 32.3. The average molecular weight is 294 g/mol. The van der Waals surface area contributed by atoms with Gasteiger partial charge in [0.2, 0.25) is 0 Å². The second kappa shape index (κ2) is 6.60. The van der Waals surface area contributed by atoms with Gasteiger partial charge in [0.15, 0.2) is 0 Å². The van der Waals surface area contributed by atoms with E-state index in [1.165, 1.54) is 0 Å². The molecule has 7 heteroatoms. The number of nitrogens with one attached hydrogen (secondary N) is 2. The maximum atomic E-state index is 12.4. The van der Waals surface area contributed by atoms with Crippen LogP contribution in [0, 0.1) is 5.92 Å². The van der Waals surface area contributed by atoms with E-state index in [4.69, 9.17) is 5.11 Å². The predicted octanol–water partition coefficient (Wildman–Crippen LogP) is 1.76. The zero-order valence-corrected chi connectivity index (χ0v) is 12.4. The number of carbonyl (C=O) groups is 2. The molecule has 0 aliphatic carbocycles. The predicted molar refractivity (Wildman–Crippen MR) is 76.7 cm³/mol. The van der Waals surface area contributed by atoms with Crippen molar-refractivity contribution in [3.05, 3.63) is 18.2 Å². The van der Waals surface area contributed by atoms with Crippen LogP contribution >= 0.6 is 0 Å². The van der Waals surface area contributed by atoms with E-state index in [1.807, 2.05) is 13.8 Å². The summed E-state index contributed by atoms with van der Waals surface area (Å²) in [6.07, 6.45) is 5.13. The summed E-state index contributed by atoms with van der Waals surface area (Å²) in [5.41, 5.74) is 0. The second-order valence-corrected chi connectivity index (χ2v) is 5.49. The minimum absolute atomic E-state index is 0.0750. The molecule has 1 aromatic heterocycles. The Hall–Kier alpha value is -2.05. The van der Waals surface area contributed by atoms with Gasteiger partial charge in [-0.3, -0.25) is 4.79 Å². The normalized spacial score (nSPS) is 23.6. The number of nitrogens with zero attached hydrogens (tertiary/aromatic N) is 2. The molecule has 0 radical (unpaired) electrons. The summed E-state index contributed by atoms with van der Waals surface area (Å²) in [5.74, 6) is -0.390. The maximum absolute atomic E-state index is 12.4. The number of likely N-dealkylation sites (tertiary alicyclic amines) is 1. The smallest absolute Gasteiger partial charge is 0.318 e. The van der Waals surface area contributed by atoms with Gasteiger partial charge in [-0.05, 0) is 26.2 Å². The lowest BCUT2D eigenvalue weighted by Crippen LogP contribution is -2.50. The summed E-state index contributed by atoms with van der Waals surface area (Å²) < 4.78 is 0. The molecule has 2 amide bonds. The molecular formula is C14H22N4O3. The summed E-state index contributed by atoms with van der Waals surface area (Å²) in [6.45, 7) is 4.34. The van der Waals surface area contributed by atoms with E-state index in [1.54, 1.807) is 17.3 Å². The van der Waals surface area contributed by atoms with Crippen molar-refractivity contribution in [2.45, 2.75) is 45.2 Å². The van der Waals surface area contributed by atoms with Gasteiger partial charge in [0.05, 0.1) is 12.0 Å². The van der Waals surface area contributed by atoms with Crippen molar-refractivity contribution in [1.82, 2.24) is 20.2 Å². The number of urea groups is 1. The monoisotopic (exact) mass is 294 g/mol. The molecule has 2 rings (SSSR count). The quantitative estimate of drug-likeness (QED) is 0.788. The molecule has 0 saturated carbocycles. The highest BCUT2D eigenvalue weighted by molar-refractivity contribution is 5.76. The lowest BCUT2D eigenvalue weighted by molar-refractivity contribution is -0.143. The van der Waals surface area contributed by atoms with Crippen molar-refractivity contribution in [2.24, 2.45) is 5.92 Å². The van der Waals surface area contributed by atoms with Gasteiger partial charge in [-0.25, -0.2) is 9.78 Å². The molecule has 0 aromatic carbocycles. The first-order chi connectivity index (χ1) is 10.0. The summed E-state index contributed by atoms with van der Waals surface area (Å²) in [5, 5.41) is 12.0. The molecule has 116 valence electrons. The first-order valence-corrected chi connectivity index (χ1v) is 7.32. The van der Waals surface area contributed by atoms with Crippen molar-refractivity contribution >= 4 is 12.0 Å². The van der Waals surface area contributed by atoms with Crippen molar-refractivity contribution in [3.63, 3.8) is 0 Å². The zero-order chi connectivity index (χ0) is 15.4. The van der Waals surface area contributed by atoms with Gasteiger partial charge in [-0.2, -0.15) is 0 Å². The lowest BCUT2D eigenvalue weighted by Gasteiger charge is -2.36. The zero-order valence-electron chi connectivity index (χ0n) is 12.4. The molecule has 1 aliphatic heterocycles. The first kappa shape index (κ1) is 15.3. The molecule has 0 spiro atoms. The van der Waals surface area contributed by atoms with Crippen LogP contribution in [0.15, 0.2) is 12.4 Å². The van der Waals surface area contributed by atoms with Gasteiger partial charge in [0, 0.05) is 25.0 Å². The Balaban J connectivity index is 1.95. The van der Waals surface area contributed by atoms with E-state index in [9.17, 15) is 9.59 Å². The number of H-pyrrole nitrogens is 1. The fourth-order valence-electron chi connectivity index (χ4n) is 2.76. The van der Waals surface area contributed by atoms with E-state index in [-0.39, 0.29) is 24.0 Å². The SMILES string of the molecule is CCC(NC(=O)N1CCC(C(=O)O)CC1C)c1ncc[nH]1. The Morgan fingerprint density at radius 2 is 2.38 bits per heavy atom. The average Bonchev–Trinajstić information content (AvgIpc) is 2.98. The Morgan fingerprint density at radius 3 is 2.90 bits per heavy atom. The topological polar surface area (TPSA) is 98.3 Å². The highest BCUT2D eigenvalue weighted by Crippen LogP contribution is 2.23. The van der Waals surface area contributed by atoms with Gasteiger partial charge in [-0.1, -0.05) is 6.92 Å². The largest absolute Gasteiger partial charge is 0.481 e. The number of hydrogen-bond donors (Lipinski definition) is 3. The van der Waals surface area contributed by atoms with Crippen LogP contribution in [0.3, 0.4) is 0 Å². The number of rotatable bonds is 4. The molecule has 3 unspecified atom stereocenters. The van der Waals surface area contributed by atoms with Crippen molar-refractivity contribution in [2.75, 3.05) is 6.54 Å². The molecule has 3 N–H and O–H groups in total. The van der Waals surface area contributed by atoms with Gasteiger partial charge in [-0.15, -0.1) is 0 Å². The molecule has 1 fully saturated rings. The number of aromatic amines is 1. The Kier molecular flexibility index (Phi) is 4.82. The number of carboxylic acids is 1. The molecule has 1 saturated heterocycles. The van der Waals surface area contributed by atoms with Crippen molar-refractivity contribution in [1.29, 1.82) is 0 Å². The standard InChI is InChI=1S/C14H22N4O3/c1-3-11(12-15-5-6-16-12)17-14(21)18-7-4-10(13(19)20)8-9(18)2/h5-6,9-11H,3-4,7-8H2,1-2H3,(H,15,16)(H,17,21)(H,19,20). The van der Waals surface area contributed by atoms with Crippen LogP contribution in [-0.2, 0) is 4.79 Å². The first-order valence-electron chi connectivity index (χ1n) is 7.32. The number of aliphatic carboxylic acids is 1. The van der Waals surface area contributed by atoms with Crippen LogP contribution < -0.4 is 5.32 Å². The highest BCUT2D eigenvalue weighted by atomic mass is 16.4. The molecule has 21 heavy (non-hydrogen) atoms. The molecule has 1 aromatic rings. The van der Waals surface area contributed by atoms with Crippen molar-refractivity contribution in [3.8, 4) is 0 Å². The molecule has 7 nitrogen and oxygen atoms in total. The van der Waals surface area contributed by atoms with Crippen LogP contribution in [0.5, 0.6) is 0 Å². The third kappa shape index (κ3) is 3.53. The fraction of sp³-hybridized carbons (Fsp3) is 0.643. The Labute approximate surface area is 123 Å².